The van der Waals surface area contributed by atoms with Crippen LogP contribution in [0.5, 0.6) is 0 Å². The molecule has 2 heterocycles. The molecule has 0 unspecified atom stereocenters. The molecule has 3 aromatic rings. The van der Waals surface area contributed by atoms with E-state index in [1.165, 1.54) is 19.1 Å². The molecule has 0 aliphatic carbocycles. The van der Waals surface area contributed by atoms with Crippen molar-refractivity contribution in [2.75, 3.05) is 0 Å². The summed E-state index contributed by atoms with van der Waals surface area (Å²) in [5.74, 6) is -0.420. The fraction of sp³-hybridized carbons (Fsp3) is 0.0714. The minimum absolute atomic E-state index is 0.0991. The average molecular weight is 255 g/mol. The van der Waals surface area contributed by atoms with Gasteiger partial charge in [0.15, 0.2) is 11.4 Å². The molecular weight excluding hydrogens is 245 g/mol. The summed E-state index contributed by atoms with van der Waals surface area (Å²) >= 11 is 0. The van der Waals surface area contributed by atoms with Crippen LogP contribution in [0.1, 0.15) is 17.4 Å². The van der Waals surface area contributed by atoms with Gasteiger partial charge < -0.3 is 0 Å². The van der Waals surface area contributed by atoms with E-state index in [1.807, 2.05) is 0 Å². The number of carbonyl (C=O) groups excluding carboxylic acids is 1. The van der Waals surface area contributed by atoms with Crippen molar-refractivity contribution in [3.05, 3.63) is 54.4 Å². The Morgan fingerprint density at radius 2 is 2.00 bits per heavy atom. The largest absolute Gasteiger partial charge is 0.294 e. The first-order chi connectivity index (χ1) is 9.16. The van der Waals surface area contributed by atoms with Crippen LogP contribution in [0.2, 0.25) is 0 Å². The summed E-state index contributed by atoms with van der Waals surface area (Å²) in [7, 11) is 0. The standard InChI is InChI=1S/C14H10FN3O/c1-9(19)14-13(10-2-4-11(15)5-3-10)17-12-8-16-6-7-18(12)14/h2-8H,1H3. The highest BCUT2D eigenvalue weighted by molar-refractivity contribution is 5.99. The zero-order chi connectivity index (χ0) is 13.4. The molecule has 5 heteroatoms. The molecule has 94 valence electrons. The van der Waals surface area contributed by atoms with Crippen molar-refractivity contribution in [1.82, 2.24) is 14.4 Å². The van der Waals surface area contributed by atoms with Gasteiger partial charge in [-0.3, -0.25) is 14.2 Å². The summed E-state index contributed by atoms with van der Waals surface area (Å²) in [6.45, 7) is 1.48. The number of fused-ring (bicyclic) bond motifs is 1. The Morgan fingerprint density at radius 1 is 1.26 bits per heavy atom. The third-order valence-electron chi connectivity index (χ3n) is 2.88. The monoisotopic (exact) mass is 255 g/mol. The van der Waals surface area contributed by atoms with Gasteiger partial charge in [0.25, 0.3) is 0 Å². The van der Waals surface area contributed by atoms with Crippen LogP contribution in [-0.4, -0.2) is 20.2 Å². The third-order valence-corrected chi connectivity index (χ3v) is 2.88. The maximum absolute atomic E-state index is 13.0. The second-order valence-electron chi connectivity index (χ2n) is 4.18. The van der Waals surface area contributed by atoms with Crippen molar-refractivity contribution < 1.29 is 9.18 Å². The summed E-state index contributed by atoms with van der Waals surface area (Å²) in [6, 6.07) is 5.91. The van der Waals surface area contributed by atoms with Gasteiger partial charge in [-0.1, -0.05) is 0 Å². The van der Waals surface area contributed by atoms with Gasteiger partial charge in [-0.15, -0.1) is 0 Å². The zero-order valence-electron chi connectivity index (χ0n) is 10.2. The van der Waals surface area contributed by atoms with Gasteiger partial charge in [0.1, 0.15) is 17.2 Å². The lowest BCUT2D eigenvalue weighted by atomic mass is 10.1. The molecule has 0 saturated heterocycles. The van der Waals surface area contributed by atoms with E-state index >= 15 is 0 Å². The first-order valence-corrected chi connectivity index (χ1v) is 5.76. The number of Topliss-reactive ketones (excluding diaryl/α,β-unsaturated/α-hetero) is 1. The maximum Gasteiger partial charge on any atom is 0.178 e. The van der Waals surface area contributed by atoms with E-state index in [1.54, 1.807) is 35.1 Å². The van der Waals surface area contributed by atoms with Crippen molar-refractivity contribution in [3.8, 4) is 11.3 Å². The van der Waals surface area contributed by atoms with Crippen LogP contribution in [0.25, 0.3) is 16.9 Å². The van der Waals surface area contributed by atoms with Crippen LogP contribution in [0, 0.1) is 5.82 Å². The van der Waals surface area contributed by atoms with Crippen LogP contribution >= 0.6 is 0 Å². The number of carbonyl (C=O) groups is 1. The fourth-order valence-electron chi connectivity index (χ4n) is 2.05. The molecule has 1 aromatic carbocycles. The van der Waals surface area contributed by atoms with E-state index in [9.17, 15) is 9.18 Å². The Balaban J connectivity index is 2.31. The Labute approximate surface area is 108 Å². The lowest BCUT2D eigenvalue weighted by molar-refractivity contribution is 0.101. The second kappa shape index (κ2) is 4.28. The molecule has 0 saturated carbocycles. The first kappa shape index (κ1) is 11.5. The predicted molar refractivity (Wildman–Crippen MR) is 68.4 cm³/mol. The normalized spacial score (nSPS) is 10.8. The number of hydrogen-bond donors (Lipinski definition) is 0. The molecule has 0 fully saturated rings. The highest BCUT2D eigenvalue weighted by Crippen LogP contribution is 2.24. The Morgan fingerprint density at radius 3 is 2.68 bits per heavy atom. The SMILES string of the molecule is CC(=O)c1c(-c2ccc(F)cc2)nc2cnccn12. The predicted octanol–water partition coefficient (Wildman–Crippen LogP) is 2.74. The molecule has 0 radical (unpaired) electrons. The number of ketones is 1. The van der Waals surface area contributed by atoms with E-state index in [0.29, 0.717) is 22.6 Å². The van der Waals surface area contributed by atoms with E-state index in [0.717, 1.165) is 0 Å². The van der Waals surface area contributed by atoms with Gasteiger partial charge in [0, 0.05) is 24.9 Å². The molecule has 2 aromatic heterocycles. The quantitative estimate of drug-likeness (QED) is 0.661. The number of nitrogens with zero attached hydrogens (tertiary/aromatic N) is 3. The van der Waals surface area contributed by atoms with E-state index in [-0.39, 0.29) is 11.6 Å². The topological polar surface area (TPSA) is 47.3 Å². The lowest BCUT2D eigenvalue weighted by Crippen LogP contribution is -2.00. The van der Waals surface area contributed by atoms with E-state index in [2.05, 4.69) is 9.97 Å². The summed E-state index contributed by atoms with van der Waals surface area (Å²) in [5.41, 5.74) is 2.31. The molecule has 3 rings (SSSR count). The Bertz CT molecular complexity index is 762. The molecule has 19 heavy (non-hydrogen) atoms. The molecule has 4 nitrogen and oxygen atoms in total. The number of imidazole rings is 1. The summed E-state index contributed by atoms with van der Waals surface area (Å²) in [4.78, 5) is 20.2. The van der Waals surface area contributed by atoms with Gasteiger partial charge in [-0.2, -0.15) is 0 Å². The minimum Gasteiger partial charge on any atom is -0.294 e. The smallest absolute Gasteiger partial charge is 0.178 e. The summed E-state index contributed by atoms with van der Waals surface area (Å²) < 4.78 is 14.7. The third kappa shape index (κ3) is 1.89. The average Bonchev–Trinajstić information content (AvgIpc) is 2.78. The molecule has 0 aliphatic rings. The number of benzene rings is 1. The Kier molecular flexibility index (Phi) is 2.59. The van der Waals surface area contributed by atoms with E-state index in [4.69, 9.17) is 0 Å². The van der Waals surface area contributed by atoms with Gasteiger partial charge in [0.2, 0.25) is 0 Å². The van der Waals surface area contributed by atoms with Crippen LogP contribution in [0.3, 0.4) is 0 Å². The highest BCUT2D eigenvalue weighted by atomic mass is 19.1. The van der Waals surface area contributed by atoms with Gasteiger partial charge in [-0.25, -0.2) is 9.37 Å². The van der Waals surface area contributed by atoms with Gasteiger partial charge >= 0.3 is 0 Å². The van der Waals surface area contributed by atoms with Crippen LogP contribution in [0.15, 0.2) is 42.9 Å². The second-order valence-corrected chi connectivity index (χ2v) is 4.18. The Hall–Kier alpha value is -2.56. The fourth-order valence-corrected chi connectivity index (χ4v) is 2.05. The molecule has 0 N–H and O–H groups in total. The molecule has 0 bridgehead atoms. The van der Waals surface area contributed by atoms with Gasteiger partial charge in [0.05, 0.1) is 6.20 Å². The van der Waals surface area contributed by atoms with E-state index < -0.39 is 0 Å². The van der Waals surface area contributed by atoms with Crippen molar-refractivity contribution >= 4 is 11.4 Å². The number of aromatic nitrogens is 3. The first-order valence-electron chi connectivity index (χ1n) is 5.76. The van der Waals surface area contributed by atoms with Crippen molar-refractivity contribution in [2.45, 2.75) is 6.92 Å². The highest BCUT2D eigenvalue weighted by Gasteiger charge is 2.17. The number of halogens is 1. The maximum atomic E-state index is 13.0. The van der Waals surface area contributed by atoms with Crippen molar-refractivity contribution in [1.29, 1.82) is 0 Å². The minimum atomic E-state index is -0.321. The van der Waals surface area contributed by atoms with Crippen molar-refractivity contribution in [3.63, 3.8) is 0 Å². The molecule has 0 aliphatic heterocycles. The lowest BCUT2D eigenvalue weighted by Gasteiger charge is -2.01. The summed E-state index contributed by atoms with van der Waals surface area (Å²) in [5, 5.41) is 0. The van der Waals surface area contributed by atoms with Gasteiger partial charge in [-0.05, 0) is 24.3 Å². The number of hydrogen-bond acceptors (Lipinski definition) is 3. The van der Waals surface area contributed by atoms with Crippen LogP contribution in [0.4, 0.5) is 4.39 Å². The van der Waals surface area contributed by atoms with Crippen LogP contribution in [-0.2, 0) is 0 Å². The molecule has 0 spiro atoms. The zero-order valence-corrected chi connectivity index (χ0v) is 10.2. The van der Waals surface area contributed by atoms with Crippen molar-refractivity contribution in [2.24, 2.45) is 0 Å². The molecule has 0 atom stereocenters. The van der Waals surface area contributed by atoms with Crippen LogP contribution < -0.4 is 0 Å². The number of rotatable bonds is 2. The molecular formula is C14H10FN3O. The summed E-state index contributed by atoms with van der Waals surface area (Å²) in [6.07, 6.45) is 4.86. The molecule has 0 amide bonds.